The van der Waals surface area contributed by atoms with Crippen LogP contribution >= 0.6 is 15.9 Å². The Hall–Kier alpha value is -0.490. The molecule has 0 saturated carbocycles. The van der Waals surface area contributed by atoms with Gasteiger partial charge in [-0.15, -0.1) is 0 Å². The lowest BCUT2D eigenvalue weighted by Gasteiger charge is -2.10. The zero-order valence-corrected chi connectivity index (χ0v) is 10.4. The van der Waals surface area contributed by atoms with Crippen molar-refractivity contribution in [2.45, 2.75) is 12.2 Å². The van der Waals surface area contributed by atoms with Crippen molar-refractivity contribution in [3.05, 3.63) is 17.0 Å². The number of nitrogens with zero attached hydrogens (tertiary/aromatic N) is 2. The van der Waals surface area contributed by atoms with E-state index in [2.05, 4.69) is 31.2 Å². The van der Waals surface area contributed by atoms with Crippen molar-refractivity contribution >= 4 is 32.5 Å². The minimum Gasteiger partial charge on any atom is -0.368 e. The van der Waals surface area contributed by atoms with E-state index in [1.165, 1.54) is 6.33 Å². The largest absolute Gasteiger partial charge is 0.368 e. The lowest BCUT2D eigenvalue weighted by Crippen LogP contribution is -2.21. The third-order valence-corrected chi connectivity index (χ3v) is 3.67. The highest BCUT2D eigenvalue weighted by Gasteiger charge is 2.07. The van der Waals surface area contributed by atoms with Crippen molar-refractivity contribution in [3.8, 4) is 0 Å². The zero-order chi connectivity index (χ0) is 10.6. The number of nitrogens with one attached hydrogen (secondary N) is 1. The maximum Gasteiger partial charge on any atom is 0.143 e. The highest BCUT2D eigenvalue weighted by Crippen LogP contribution is 2.16. The smallest absolute Gasteiger partial charge is 0.143 e. The number of aromatic nitrogens is 2. The standard InChI is InChI=1S/C8H12BrN3OS/c1-6(14(2)13)3-11-8-7(9)4-10-5-12-8/h4-6H,3H2,1-2H3,(H,10,11,12). The molecular weight excluding hydrogens is 266 g/mol. The molecule has 1 aromatic rings. The van der Waals surface area contributed by atoms with Gasteiger partial charge in [-0.1, -0.05) is 0 Å². The number of anilines is 1. The molecule has 0 aliphatic carbocycles. The highest BCUT2D eigenvalue weighted by molar-refractivity contribution is 9.10. The molecule has 0 radical (unpaired) electrons. The average Bonchev–Trinajstić information content (AvgIpc) is 2.16. The third-order valence-electron chi connectivity index (χ3n) is 1.79. The second kappa shape index (κ2) is 5.41. The van der Waals surface area contributed by atoms with Crippen LogP contribution in [-0.2, 0) is 10.8 Å². The summed E-state index contributed by atoms with van der Waals surface area (Å²) in [4.78, 5) is 7.89. The molecule has 2 atom stereocenters. The predicted molar refractivity (Wildman–Crippen MR) is 61.8 cm³/mol. The van der Waals surface area contributed by atoms with Crippen molar-refractivity contribution in [1.82, 2.24) is 9.97 Å². The maximum absolute atomic E-state index is 11.1. The molecule has 4 nitrogen and oxygen atoms in total. The molecular formula is C8H12BrN3OS. The number of hydrogen-bond donors (Lipinski definition) is 1. The van der Waals surface area contributed by atoms with Crippen molar-refractivity contribution < 1.29 is 4.21 Å². The third kappa shape index (κ3) is 3.34. The molecule has 0 spiro atoms. The lowest BCUT2D eigenvalue weighted by molar-refractivity contribution is 0.678. The Morgan fingerprint density at radius 3 is 3.00 bits per heavy atom. The molecule has 0 fully saturated rings. The van der Waals surface area contributed by atoms with Crippen LogP contribution in [0.15, 0.2) is 17.0 Å². The Balaban J connectivity index is 2.54. The van der Waals surface area contributed by atoms with E-state index in [-0.39, 0.29) is 5.25 Å². The van der Waals surface area contributed by atoms with Crippen molar-refractivity contribution in [3.63, 3.8) is 0 Å². The summed E-state index contributed by atoms with van der Waals surface area (Å²) in [5, 5.41) is 3.21. The molecule has 6 heteroatoms. The molecule has 1 heterocycles. The summed E-state index contributed by atoms with van der Waals surface area (Å²) < 4.78 is 11.9. The monoisotopic (exact) mass is 277 g/mol. The van der Waals surface area contributed by atoms with E-state index in [0.29, 0.717) is 6.54 Å². The van der Waals surface area contributed by atoms with Crippen LogP contribution in [0.3, 0.4) is 0 Å². The van der Waals surface area contributed by atoms with Crippen LogP contribution in [0.25, 0.3) is 0 Å². The normalized spacial score (nSPS) is 14.8. The summed E-state index contributed by atoms with van der Waals surface area (Å²) in [6, 6.07) is 0. The molecule has 0 aliphatic rings. The Morgan fingerprint density at radius 1 is 1.71 bits per heavy atom. The van der Waals surface area contributed by atoms with Gasteiger partial charge in [0, 0.05) is 35.0 Å². The van der Waals surface area contributed by atoms with Gasteiger partial charge in [0.2, 0.25) is 0 Å². The van der Waals surface area contributed by atoms with Crippen LogP contribution in [0, 0.1) is 0 Å². The fourth-order valence-corrected chi connectivity index (χ4v) is 1.48. The summed E-state index contributed by atoms with van der Waals surface area (Å²) in [5.41, 5.74) is 0. The van der Waals surface area contributed by atoms with E-state index >= 15 is 0 Å². The van der Waals surface area contributed by atoms with Gasteiger partial charge in [-0.3, -0.25) is 4.21 Å². The summed E-state index contributed by atoms with van der Waals surface area (Å²) in [6.07, 6.45) is 4.84. The first-order chi connectivity index (χ1) is 6.61. The first-order valence-electron chi connectivity index (χ1n) is 4.13. The minimum absolute atomic E-state index is 0.108. The maximum atomic E-state index is 11.1. The van der Waals surface area contributed by atoms with Crippen LogP contribution in [0.4, 0.5) is 5.82 Å². The molecule has 1 aromatic heterocycles. The summed E-state index contributed by atoms with van der Waals surface area (Å²) >= 11 is 3.32. The molecule has 2 unspecified atom stereocenters. The van der Waals surface area contributed by atoms with Gasteiger partial charge in [-0.2, -0.15) is 0 Å². The first-order valence-corrected chi connectivity index (χ1v) is 6.54. The fraction of sp³-hybridized carbons (Fsp3) is 0.500. The van der Waals surface area contributed by atoms with Gasteiger partial charge in [-0.25, -0.2) is 9.97 Å². The highest BCUT2D eigenvalue weighted by atomic mass is 79.9. The van der Waals surface area contributed by atoms with Crippen LogP contribution in [0.2, 0.25) is 0 Å². The average molecular weight is 278 g/mol. The Bertz CT molecular complexity index is 334. The zero-order valence-electron chi connectivity index (χ0n) is 8.03. The van der Waals surface area contributed by atoms with Crippen molar-refractivity contribution in [2.75, 3.05) is 18.1 Å². The van der Waals surface area contributed by atoms with Gasteiger partial charge in [-0.05, 0) is 22.9 Å². The fourth-order valence-electron chi connectivity index (χ4n) is 0.800. The second-order valence-electron chi connectivity index (χ2n) is 2.91. The first kappa shape index (κ1) is 11.6. The second-order valence-corrected chi connectivity index (χ2v) is 5.57. The van der Waals surface area contributed by atoms with Gasteiger partial charge in [0.15, 0.2) is 0 Å². The SMILES string of the molecule is CC(CNc1ncncc1Br)S(C)=O. The van der Waals surface area contributed by atoms with Crippen molar-refractivity contribution in [1.29, 1.82) is 0 Å². The van der Waals surface area contributed by atoms with Gasteiger partial charge in [0.05, 0.1) is 4.47 Å². The summed E-state index contributed by atoms with van der Waals surface area (Å²) in [5.74, 6) is 0.734. The molecule has 0 bridgehead atoms. The number of hydrogen-bond acceptors (Lipinski definition) is 4. The van der Waals surface area contributed by atoms with E-state index < -0.39 is 10.8 Å². The van der Waals surface area contributed by atoms with E-state index in [1.54, 1.807) is 12.5 Å². The molecule has 78 valence electrons. The lowest BCUT2D eigenvalue weighted by atomic mass is 10.4. The van der Waals surface area contributed by atoms with Gasteiger partial charge >= 0.3 is 0 Å². The number of halogens is 1. The Labute approximate surface area is 94.1 Å². The van der Waals surface area contributed by atoms with Gasteiger partial charge < -0.3 is 5.32 Å². The molecule has 1 N–H and O–H groups in total. The molecule has 0 saturated heterocycles. The van der Waals surface area contributed by atoms with E-state index in [4.69, 9.17) is 0 Å². The molecule has 1 rings (SSSR count). The summed E-state index contributed by atoms with van der Waals surface area (Å²) in [7, 11) is -0.812. The summed E-state index contributed by atoms with van der Waals surface area (Å²) in [6.45, 7) is 2.57. The van der Waals surface area contributed by atoms with Crippen LogP contribution in [0.1, 0.15) is 6.92 Å². The molecule has 0 aliphatic heterocycles. The van der Waals surface area contributed by atoms with E-state index in [1.807, 2.05) is 6.92 Å². The van der Waals surface area contributed by atoms with Crippen LogP contribution in [0.5, 0.6) is 0 Å². The van der Waals surface area contributed by atoms with E-state index in [9.17, 15) is 4.21 Å². The van der Waals surface area contributed by atoms with Gasteiger partial charge in [0.25, 0.3) is 0 Å². The van der Waals surface area contributed by atoms with E-state index in [0.717, 1.165) is 10.3 Å². The van der Waals surface area contributed by atoms with Gasteiger partial charge in [0.1, 0.15) is 12.1 Å². The molecule has 0 aromatic carbocycles. The Morgan fingerprint density at radius 2 is 2.43 bits per heavy atom. The van der Waals surface area contributed by atoms with Crippen LogP contribution in [-0.4, -0.2) is 32.2 Å². The van der Waals surface area contributed by atoms with Crippen LogP contribution < -0.4 is 5.32 Å². The Kier molecular flexibility index (Phi) is 4.47. The molecule has 14 heavy (non-hydrogen) atoms. The predicted octanol–water partition coefficient (Wildman–Crippen LogP) is 1.42. The molecule has 0 amide bonds. The minimum atomic E-state index is -0.812. The quantitative estimate of drug-likeness (QED) is 0.905. The van der Waals surface area contributed by atoms with Crippen molar-refractivity contribution in [2.24, 2.45) is 0 Å². The topological polar surface area (TPSA) is 54.9 Å². The number of rotatable bonds is 4.